The minimum absolute atomic E-state index is 0.0365. The zero-order valence-corrected chi connectivity index (χ0v) is 19.6. The van der Waals surface area contributed by atoms with Gasteiger partial charge in [-0.2, -0.15) is 0 Å². The third kappa shape index (κ3) is 3.39. The standard InChI is InChI=1S/C26H30N4S/c1-5-19-10-12-21(13-11-19)29-17(3)15-22(18(29)4)25-24(23-9-7-8-14-27-23)28-26-30(25)20(6-2)16-31-26/h7-15,20,24-25H,5-6,16H2,1-4H3/t20-,24+,25+/m0/s1. The van der Waals surface area contributed by atoms with Gasteiger partial charge >= 0.3 is 0 Å². The lowest BCUT2D eigenvalue weighted by Crippen LogP contribution is -2.35. The molecule has 0 N–H and O–H groups in total. The van der Waals surface area contributed by atoms with Crippen LogP contribution in [0.1, 0.15) is 60.6 Å². The SMILES string of the molecule is CCc1ccc(-n2c(C)cc([C@@H]3[C@@H](c4ccccn4)N=C4SC[C@H](CC)N43)c2C)cc1. The van der Waals surface area contributed by atoms with Gasteiger partial charge in [0.05, 0.1) is 11.7 Å². The number of aryl methyl sites for hydroxylation is 2. The fourth-order valence-corrected chi connectivity index (χ4v) is 6.39. The third-order valence-electron chi connectivity index (χ3n) is 6.72. The zero-order chi connectivity index (χ0) is 21.5. The van der Waals surface area contributed by atoms with E-state index < -0.39 is 0 Å². The number of hydrogen-bond donors (Lipinski definition) is 0. The first kappa shape index (κ1) is 20.4. The summed E-state index contributed by atoms with van der Waals surface area (Å²) in [6.45, 7) is 8.96. The van der Waals surface area contributed by atoms with E-state index in [1.54, 1.807) is 0 Å². The van der Waals surface area contributed by atoms with E-state index in [9.17, 15) is 0 Å². The van der Waals surface area contributed by atoms with Crippen LogP contribution < -0.4 is 0 Å². The highest BCUT2D eigenvalue weighted by Gasteiger charge is 2.46. The number of rotatable bonds is 5. The van der Waals surface area contributed by atoms with Gasteiger partial charge in [-0.05, 0) is 68.1 Å². The molecule has 2 aromatic heterocycles. The van der Waals surface area contributed by atoms with Crippen LogP contribution >= 0.6 is 11.8 Å². The highest BCUT2D eigenvalue weighted by molar-refractivity contribution is 8.14. The molecule has 0 radical (unpaired) electrons. The van der Waals surface area contributed by atoms with E-state index in [0.29, 0.717) is 6.04 Å². The summed E-state index contributed by atoms with van der Waals surface area (Å²) < 4.78 is 2.40. The Labute approximate surface area is 189 Å². The van der Waals surface area contributed by atoms with Crippen molar-refractivity contribution in [2.45, 2.75) is 58.7 Å². The minimum Gasteiger partial charge on any atom is -0.338 e. The number of pyridine rings is 1. The van der Waals surface area contributed by atoms with E-state index in [4.69, 9.17) is 9.98 Å². The molecule has 0 bridgehead atoms. The Kier molecular flexibility index (Phi) is 5.39. The second-order valence-electron chi connectivity index (χ2n) is 8.52. The van der Waals surface area contributed by atoms with Crippen molar-refractivity contribution in [3.8, 4) is 5.69 Å². The van der Waals surface area contributed by atoms with E-state index in [2.05, 4.69) is 79.6 Å². The van der Waals surface area contributed by atoms with Crippen molar-refractivity contribution < 1.29 is 0 Å². The molecule has 0 amide bonds. The molecule has 3 atom stereocenters. The molecule has 4 heterocycles. The van der Waals surface area contributed by atoms with Crippen LogP contribution in [0.25, 0.3) is 5.69 Å². The summed E-state index contributed by atoms with van der Waals surface area (Å²) in [5.41, 5.74) is 7.60. The molecular weight excluding hydrogens is 400 g/mol. The van der Waals surface area contributed by atoms with E-state index in [0.717, 1.165) is 24.3 Å². The number of aromatic nitrogens is 2. The second-order valence-corrected chi connectivity index (χ2v) is 9.51. The van der Waals surface area contributed by atoms with Crippen molar-refractivity contribution in [2.24, 2.45) is 4.99 Å². The van der Waals surface area contributed by atoms with E-state index in [1.807, 2.05) is 24.0 Å². The fraction of sp³-hybridized carbons (Fsp3) is 0.385. The number of benzene rings is 1. The predicted molar refractivity (Wildman–Crippen MR) is 130 cm³/mol. The first-order valence-electron chi connectivity index (χ1n) is 11.3. The summed E-state index contributed by atoms with van der Waals surface area (Å²) in [5, 5.41) is 1.18. The van der Waals surface area contributed by atoms with E-state index >= 15 is 0 Å². The van der Waals surface area contributed by atoms with Crippen molar-refractivity contribution in [1.29, 1.82) is 0 Å². The number of thioether (sulfide) groups is 1. The van der Waals surface area contributed by atoms with Gasteiger partial charge in [-0.1, -0.05) is 43.8 Å². The van der Waals surface area contributed by atoms with Gasteiger partial charge in [-0.25, -0.2) is 0 Å². The molecule has 1 fully saturated rings. The van der Waals surface area contributed by atoms with Crippen molar-refractivity contribution in [1.82, 2.24) is 14.5 Å². The maximum Gasteiger partial charge on any atom is 0.160 e. The highest BCUT2D eigenvalue weighted by Crippen LogP contribution is 2.49. The molecular formula is C26H30N4S. The van der Waals surface area contributed by atoms with Gasteiger partial charge in [0.15, 0.2) is 5.17 Å². The predicted octanol–water partition coefficient (Wildman–Crippen LogP) is 6.03. The fourth-order valence-electron chi connectivity index (χ4n) is 5.05. The lowest BCUT2D eigenvalue weighted by atomic mass is 9.95. The number of aliphatic imine (C=N–C) groups is 1. The number of fused-ring (bicyclic) bond motifs is 1. The quantitative estimate of drug-likeness (QED) is 0.495. The molecule has 160 valence electrons. The average molecular weight is 431 g/mol. The Morgan fingerprint density at radius 3 is 2.55 bits per heavy atom. The van der Waals surface area contributed by atoms with Crippen molar-refractivity contribution in [2.75, 3.05) is 5.75 Å². The number of nitrogens with zero attached hydrogens (tertiary/aromatic N) is 4. The number of amidine groups is 1. The molecule has 0 aliphatic carbocycles. The molecule has 31 heavy (non-hydrogen) atoms. The summed E-state index contributed by atoms with van der Waals surface area (Å²) in [6, 6.07) is 18.3. The Bertz CT molecular complexity index is 1100. The summed E-state index contributed by atoms with van der Waals surface area (Å²) in [4.78, 5) is 12.5. The molecule has 1 aromatic carbocycles. The second kappa shape index (κ2) is 8.19. The van der Waals surface area contributed by atoms with Crippen LogP contribution in [0.3, 0.4) is 0 Å². The first-order valence-corrected chi connectivity index (χ1v) is 12.3. The molecule has 3 aromatic rings. The maximum atomic E-state index is 5.19. The van der Waals surface area contributed by atoms with Crippen LogP contribution in [0, 0.1) is 13.8 Å². The van der Waals surface area contributed by atoms with E-state index in [-0.39, 0.29) is 12.1 Å². The average Bonchev–Trinajstić information content (AvgIpc) is 3.46. The maximum absolute atomic E-state index is 5.19. The van der Waals surface area contributed by atoms with Crippen molar-refractivity contribution >= 4 is 16.9 Å². The lowest BCUT2D eigenvalue weighted by molar-refractivity contribution is 0.254. The molecule has 5 heteroatoms. The van der Waals surface area contributed by atoms with Gasteiger partial charge < -0.3 is 9.47 Å². The van der Waals surface area contributed by atoms with Crippen molar-refractivity contribution in [3.05, 3.63) is 82.9 Å². The molecule has 1 saturated heterocycles. The van der Waals surface area contributed by atoms with Crippen LogP contribution in [0.2, 0.25) is 0 Å². The monoisotopic (exact) mass is 430 g/mol. The van der Waals surface area contributed by atoms with Gasteiger partial charge in [-0.15, -0.1) is 0 Å². The van der Waals surface area contributed by atoms with Gasteiger partial charge in [0.1, 0.15) is 6.04 Å². The van der Waals surface area contributed by atoms with Crippen molar-refractivity contribution in [3.63, 3.8) is 0 Å². The normalized spacial score (nSPS) is 22.6. The summed E-state index contributed by atoms with van der Waals surface area (Å²) >= 11 is 1.90. The molecule has 2 aliphatic rings. The van der Waals surface area contributed by atoms with Crippen LogP contribution in [0.15, 0.2) is 59.7 Å². The summed E-state index contributed by atoms with van der Waals surface area (Å²) in [7, 11) is 0. The first-order chi connectivity index (χ1) is 15.1. The highest BCUT2D eigenvalue weighted by atomic mass is 32.2. The van der Waals surface area contributed by atoms with Gasteiger partial charge in [-0.3, -0.25) is 9.98 Å². The van der Waals surface area contributed by atoms with Gasteiger partial charge in [0, 0.05) is 35.1 Å². The summed E-state index contributed by atoms with van der Waals surface area (Å²) in [5.74, 6) is 1.12. The number of hydrogen-bond acceptors (Lipinski definition) is 4. The lowest BCUT2D eigenvalue weighted by Gasteiger charge is -2.32. The molecule has 5 rings (SSSR count). The largest absolute Gasteiger partial charge is 0.338 e. The minimum atomic E-state index is 0.0365. The zero-order valence-electron chi connectivity index (χ0n) is 18.7. The molecule has 0 unspecified atom stereocenters. The van der Waals surface area contributed by atoms with Gasteiger partial charge in [0.2, 0.25) is 0 Å². The Balaban J connectivity index is 1.61. The molecule has 2 aliphatic heterocycles. The third-order valence-corrected chi connectivity index (χ3v) is 7.85. The topological polar surface area (TPSA) is 33.4 Å². The van der Waals surface area contributed by atoms with Crippen LogP contribution in [-0.2, 0) is 6.42 Å². The van der Waals surface area contributed by atoms with E-state index in [1.165, 1.54) is 33.4 Å². The summed E-state index contributed by atoms with van der Waals surface area (Å²) in [6.07, 6.45) is 4.09. The molecule has 4 nitrogen and oxygen atoms in total. The van der Waals surface area contributed by atoms with Crippen LogP contribution in [0.5, 0.6) is 0 Å². The molecule has 0 spiro atoms. The Hall–Kier alpha value is -2.53. The molecule has 0 saturated carbocycles. The smallest absolute Gasteiger partial charge is 0.160 e. The Morgan fingerprint density at radius 1 is 1.06 bits per heavy atom. The van der Waals surface area contributed by atoms with Crippen LogP contribution in [0.4, 0.5) is 0 Å². The Morgan fingerprint density at radius 2 is 1.87 bits per heavy atom. The van der Waals surface area contributed by atoms with Crippen LogP contribution in [-0.4, -0.2) is 31.4 Å². The van der Waals surface area contributed by atoms with Gasteiger partial charge in [0.25, 0.3) is 0 Å².